The van der Waals surface area contributed by atoms with Crippen molar-refractivity contribution in [3.8, 4) is 0 Å². The number of hydrogen-bond acceptors (Lipinski definition) is 3. The van der Waals surface area contributed by atoms with Crippen molar-refractivity contribution in [2.75, 3.05) is 6.61 Å². The fourth-order valence-corrected chi connectivity index (χ4v) is 2.88. The molecule has 19 heavy (non-hydrogen) atoms. The molecule has 2 unspecified atom stereocenters. The van der Waals surface area contributed by atoms with E-state index in [1.807, 2.05) is 0 Å². The van der Waals surface area contributed by atoms with Gasteiger partial charge in [-0.15, -0.1) is 0 Å². The van der Waals surface area contributed by atoms with Crippen LogP contribution in [0.2, 0.25) is 0 Å². The second-order valence-corrected chi connectivity index (χ2v) is 6.67. The van der Waals surface area contributed by atoms with E-state index in [0.29, 0.717) is 0 Å². The first-order chi connectivity index (χ1) is 8.99. The molecule has 3 heteroatoms. The van der Waals surface area contributed by atoms with Gasteiger partial charge < -0.3 is 4.74 Å². The molecular weight excluding hydrogens is 236 g/mol. The van der Waals surface area contributed by atoms with Gasteiger partial charge in [-0.2, -0.15) is 0 Å². The highest BCUT2D eigenvalue weighted by molar-refractivity contribution is 5.31. The van der Waals surface area contributed by atoms with Crippen molar-refractivity contribution >= 4 is 0 Å². The lowest BCUT2D eigenvalue weighted by Crippen LogP contribution is -2.39. The Bertz CT molecular complexity index is 411. The molecule has 2 rings (SSSR count). The average Bonchev–Trinajstić information content (AvgIpc) is 2.37. The van der Waals surface area contributed by atoms with Crippen LogP contribution in [-0.4, -0.2) is 12.6 Å². The fraction of sp³-hybridized carbons (Fsp3) is 0.625. The summed E-state index contributed by atoms with van der Waals surface area (Å²) in [6, 6.07) is 8.88. The smallest absolute Gasteiger partial charge is 0.0843 e. The van der Waals surface area contributed by atoms with Crippen LogP contribution >= 0.6 is 0 Å². The van der Waals surface area contributed by atoms with Gasteiger partial charge in [0.15, 0.2) is 0 Å². The number of hydrazine groups is 1. The highest BCUT2D eigenvalue weighted by Crippen LogP contribution is 2.32. The number of nitrogens with one attached hydrogen (secondary N) is 1. The topological polar surface area (TPSA) is 47.3 Å². The van der Waals surface area contributed by atoms with Gasteiger partial charge in [0.1, 0.15) is 0 Å². The minimum atomic E-state index is 0.174. The molecule has 3 nitrogen and oxygen atoms in total. The molecule has 1 aromatic carbocycles. The Balaban J connectivity index is 2.07. The van der Waals surface area contributed by atoms with Crippen LogP contribution in [0, 0.1) is 5.41 Å². The number of ether oxygens (including phenoxy) is 1. The van der Waals surface area contributed by atoms with Crippen LogP contribution in [0.3, 0.4) is 0 Å². The van der Waals surface area contributed by atoms with E-state index >= 15 is 0 Å². The molecule has 1 aliphatic rings. The lowest BCUT2D eigenvalue weighted by atomic mass is 9.84. The quantitative estimate of drug-likeness (QED) is 0.648. The molecule has 2 atom stereocenters. The summed E-state index contributed by atoms with van der Waals surface area (Å²) in [6.07, 6.45) is 3.18. The fourth-order valence-electron chi connectivity index (χ4n) is 2.88. The van der Waals surface area contributed by atoms with Crippen molar-refractivity contribution in [1.29, 1.82) is 0 Å². The van der Waals surface area contributed by atoms with E-state index in [4.69, 9.17) is 10.6 Å². The SMILES string of the molecule is CC(C)(C)CC(CC1OCCc2ccccc21)NN. The average molecular weight is 262 g/mol. The van der Waals surface area contributed by atoms with Crippen molar-refractivity contribution in [3.05, 3.63) is 35.4 Å². The van der Waals surface area contributed by atoms with E-state index in [9.17, 15) is 0 Å². The van der Waals surface area contributed by atoms with Crippen LogP contribution in [0.5, 0.6) is 0 Å². The summed E-state index contributed by atoms with van der Waals surface area (Å²) in [4.78, 5) is 0. The molecule has 0 radical (unpaired) electrons. The van der Waals surface area contributed by atoms with E-state index in [1.165, 1.54) is 11.1 Å². The molecule has 0 saturated carbocycles. The maximum Gasteiger partial charge on any atom is 0.0843 e. The summed E-state index contributed by atoms with van der Waals surface area (Å²) in [5, 5.41) is 0. The molecule has 0 aromatic heterocycles. The van der Waals surface area contributed by atoms with Crippen LogP contribution in [0.25, 0.3) is 0 Å². The molecule has 0 amide bonds. The standard InChI is InChI=1S/C16H26N2O/c1-16(2,3)11-13(18-17)10-15-14-7-5-4-6-12(14)8-9-19-15/h4-7,13,15,18H,8-11,17H2,1-3H3. The van der Waals surface area contributed by atoms with Crippen molar-refractivity contribution in [3.63, 3.8) is 0 Å². The molecule has 3 N–H and O–H groups in total. The third-order valence-corrected chi connectivity index (χ3v) is 3.69. The highest BCUT2D eigenvalue weighted by atomic mass is 16.5. The Hall–Kier alpha value is -0.900. The monoisotopic (exact) mass is 262 g/mol. The maximum absolute atomic E-state index is 5.96. The van der Waals surface area contributed by atoms with E-state index in [-0.39, 0.29) is 17.6 Å². The highest BCUT2D eigenvalue weighted by Gasteiger charge is 2.26. The van der Waals surface area contributed by atoms with Crippen molar-refractivity contribution in [1.82, 2.24) is 5.43 Å². The van der Waals surface area contributed by atoms with Gasteiger partial charge in [0.05, 0.1) is 12.7 Å². The number of rotatable bonds is 4. The van der Waals surface area contributed by atoms with Gasteiger partial charge in [0.2, 0.25) is 0 Å². The normalized spacial score (nSPS) is 20.9. The summed E-state index contributed by atoms with van der Waals surface area (Å²) < 4.78 is 5.96. The maximum atomic E-state index is 5.96. The second-order valence-electron chi connectivity index (χ2n) is 6.67. The van der Waals surface area contributed by atoms with Gasteiger partial charge in [0, 0.05) is 6.04 Å². The van der Waals surface area contributed by atoms with E-state index in [0.717, 1.165) is 25.9 Å². The lowest BCUT2D eigenvalue weighted by Gasteiger charge is -2.31. The summed E-state index contributed by atoms with van der Waals surface area (Å²) in [5.74, 6) is 5.71. The zero-order valence-electron chi connectivity index (χ0n) is 12.3. The third-order valence-electron chi connectivity index (χ3n) is 3.69. The molecule has 106 valence electrons. The number of nitrogens with two attached hydrogens (primary N) is 1. The molecule has 0 spiro atoms. The molecule has 1 heterocycles. The lowest BCUT2D eigenvalue weighted by molar-refractivity contribution is 0.0262. The first kappa shape index (κ1) is 14.5. The number of benzene rings is 1. The van der Waals surface area contributed by atoms with Crippen molar-refractivity contribution in [2.45, 2.75) is 52.2 Å². The van der Waals surface area contributed by atoms with Gasteiger partial charge in [-0.25, -0.2) is 0 Å². The molecule has 0 bridgehead atoms. The summed E-state index contributed by atoms with van der Waals surface area (Å²) >= 11 is 0. The summed E-state index contributed by atoms with van der Waals surface area (Å²) in [5.41, 5.74) is 5.98. The third kappa shape index (κ3) is 4.03. The summed E-state index contributed by atoms with van der Waals surface area (Å²) in [6.45, 7) is 7.54. The molecule has 0 fully saturated rings. The van der Waals surface area contributed by atoms with Crippen LogP contribution < -0.4 is 11.3 Å². The molecule has 0 aliphatic carbocycles. The first-order valence-corrected chi connectivity index (χ1v) is 7.15. The Morgan fingerprint density at radius 3 is 2.79 bits per heavy atom. The largest absolute Gasteiger partial charge is 0.373 e. The Morgan fingerprint density at radius 1 is 1.37 bits per heavy atom. The summed E-state index contributed by atoms with van der Waals surface area (Å²) in [7, 11) is 0. The molecule has 1 aromatic rings. The van der Waals surface area contributed by atoms with Gasteiger partial charge in [-0.3, -0.25) is 11.3 Å². The number of hydrogen-bond donors (Lipinski definition) is 2. The zero-order chi connectivity index (χ0) is 13.9. The van der Waals surface area contributed by atoms with Crippen LogP contribution in [0.4, 0.5) is 0 Å². The molecule has 0 saturated heterocycles. The second kappa shape index (κ2) is 6.04. The van der Waals surface area contributed by atoms with Gasteiger partial charge >= 0.3 is 0 Å². The van der Waals surface area contributed by atoms with Crippen LogP contribution in [-0.2, 0) is 11.2 Å². The predicted molar refractivity (Wildman–Crippen MR) is 78.6 cm³/mol. The Kier molecular flexibility index (Phi) is 4.61. The number of fused-ring (bicyclic) bond motifs is 1. The van der Waals surface area contributed by atoms with Crippen LogP contribution in [0.1, 0.15) is 50.8 Å². The molecular formula is C16H26N2O. The minimum Gasteiger partial charge on any atom is -0.373 e. The van der Waals surface area contributed by atoms with E-state index in [1.54, 1.807) is 0 Å². The van der Waals surface area contributed by atoms with E-state index < -0.39 is 0 Å². The van der Waals surface area contributed by atoms with Gasteiger partial charge in [-0.1, -0.05) is 45.0 Å². The molecule has 1 aliphatic heterocycles. The van der Waals surface area contributed by atoms with E-state index in [2.05, 4.69) is 50.5 Å². The van der Waals surface area contributed by atoms with Gasteiger partial charge in [0.25, 0.3) is 0 Å². The first-order valence-electron chi connectivity index (χ1n) is 7.15. The zero-order valence-corrected chi connectivity index (χ0v) is 12.3. The van der Waals surface area contributed by atoms with Crippen molar-refractivity contribution in [2.24, 2.45) is 11.3 Å². The van der Waals surface area contributed by atoms with Crippen molar-refractivity contribution < 1.29 is 4.74 Å². The predicted octanol–water partition coefficient (Wildman–Crippen LogP) is 2.96. The Morgan fingerprint density at radius 2 is 2.11 bits per heavy atom. The minimum absolute atomic E-state index is 0.174. The Labute approximate surface area is 116 Å². The van der Waals surface area contributed by atoms with Crippen LogP contribution in [0.15, 0.2) is 24.3 Å². The van der Waals surface area contributed by atoms with Gasteiger partial charge in [-0.05, 0) is 35.8 Å².